The molecule has 0 unspecified atom stereocenters. The summed E-state index contributed by atoms with van der Waals surface area (Å²) in [4.78, 5) is 27.0. The summed E-state index contributed by atoms with van der Waals surface area (Å²) in [5, 5.41) is 15.3. The van der Waals surface area contributed by atoms with E-state index in [9.17, 15) is 27.2 Å². The molecule has 2 bridgehead atoms. The van der Waals surface area contributed by atoms with Crippen molar-refractivity contribution < 1.29 is 27.2 Å². The zero-order valence-electron chi connectivity index (χ0n) is 19.0. The van der Waals surface area contributed by atoms with E-state index in [1.54, 1.807) is 6.92 Å². The first-order valence-corrected chi connectivity index (χ1v) is 11.5. The molecule has 184 valence electrons. The number of halogens is 4. The number of anilines is 1. The van der Waals surface area contributed by atoms with E-state index < -0.39 is 29.4 Å². The van der Waals surface area contributed by atoms with Gasteiger partial charge in [0.25, 0.3) is 0 Å². The van der Waals surface area contributed by atoms with E-state index in [0.29, 0.717) is 49.8 Å². The van der Waals surface area contributed by atoms with E-state index in [1.165, 1.54) is 11.0 Å². The highest BCUT2D eigenvalue weighted by Crippen LogP contribution is 2.53. The Morgan fingerprint density at radius 1 is 1.18 bits per heavy atom. The first-order chi connectivity index (χ1) is 16.0. The number of likely N-dealkylation sites (tertiary alicyclic amines) is 1. The van der Waals surface area contributed by atoms with Crippen molar-refractivity contribution in [3.63, 3.8) is 0 Å². The predicted molar refractivity (Wildman–Crippen MR) is 116 cm³/mol. The van der Waals surface area contributed by atoms with Gasteiger partial charge in [0.15, 0.2) is 0 Å². The lowest BCUT2D eigenvalue weighted by molar-refractivity contribution is -0.137. The number of aryl methyl sites for hydroxylation is 1. The number of carbonyl (C=O) groups excluding carboxylic acids is 2. The topological polar surface area (TPSA) is 85.2 Å². The highest BCUT2D eigenvalue weighted by atomic mass is 19.4. The summed E-state index contributed by atoms with van der Waals surface area (Å²) in [5.74, 6) is -0.471. The average Bonchev–Trinajstić information content (AvgIpc) is 3.20. The highest BCUT2D eigenvalue weighted by Gasteiger charge is 2.52. The van der Waals surface area contributed by atoms with Gasteiger partial charge in [-0.3, -0.25) is 9.59 Å². The van der Waals surface area contributed by atoms with Crippen LogP contribution in [0.1, 0.15) is 56.1 Å². The molecule has 3 aliphatic carbocycles. The molecule has 4 fully saturated rings. The van der Waals surface area contributed by atoms with Gasteiger partial charge in [-0.15, -0.1) is 0 Å². The summed E-state index contributed by atoms with van der Waals surface area (Å²) >= 11 is 0. The molecule has 2 amide bonds. The minimum Gasteiger partial charge on any atom is -0.325 e. The minimum atomic E-state index is -4.44. The smallest absolute Gasteiger partial charge is 0.325 e. The zero-order chi connectivity index (χ0) is 24.7. The van der Waals surface area contributed by atoms with Gasteiger partial charge in [0.05, 0.1) is 24.7 Å². The second-order valence-corrected chi connectivity index (χ2v) is 9.92. The second kappa shape index (κ2) is 8.84. The van der Waals surface area contributed by atoms with E-state index >= 15 is 0 Å². The zero-order valence-corrected chi connectivity index (χ0v) is 19.0. The fraction of sp³-hybridized carbons (Fsp3) is 0.625. The van der Waals surface area contributed by atoms with Crippen LogP contribution in [0.4, 0.5) is 23.2 Å². The molecule has 0 spiro atoms. The number of carbonyl (C=O) groups is 2. The van der Waals surface area contributed by atoms with Gasteiger partial charge >= 0.3 is 6.18 Å². The summed E-state index contributed by atoms with van der Waals surface area (Å²) in [5.41, 5.74) is -0.876. The fourth-order valence-electron chi connectivity index (χ4n) is 5.57. The number of nitrogens with one attached hydrogen (secondary N) is 2. The molecular formula is C24H28F4N4O2. The third-order valence-electron chi connectivity index (χ3n) is 7.86. The van der Waals surface area contributed by atoms with Gasteiger partial charge in [-0.2, -0.15) is 18.4 Å². The molecule has 10 heteroatoms. The molecule has 6 nitrogen and oxygen atoms in total. The number of fused-ring (bicyclic) bond motifs is 3. The van der Waals surface area contributed by atoms with E-state index in [4.69, 9.17) is 5.26 Å². The van der Waals surface area contributed by atoms with Crippen LogP contribution in [-0.2, 0) is 15.8 Å². The van der Waals surface area contributed by atoms with Gasteiger partial charge in [0.2, 0.25) is 11.8 Å². The second-order valence-electron chi connectivity index (χ2n) is 9.92. The molecule has 5 rings (SSSR count). The Bertz CT molecular complexity index is 995. The maximum atomic E-state index is 13.6. The standard InChI is InChI=1S/C24H28F4N4O2/c1-15-10-16(24(26,27)28)2-3-19(15)31-21(34)22-4-7-23(8-5-22,9-6-22)30-13-20(33)32-14-17(25)11-18(32)12-29/h2-3,10,17-18,30H,4-9,11,13-14H2,1H3,(H,31,34)/t17-,18-,22?,23?/m0/s1. The van der Waals surface area contributed by atoms with Crippen LogP contribution in [0.5, 0.6) is 0 Å². The van der Waals surface area contributed by atoms with Crippen molar-refractivity contribution >= 4 is 17.5 Å². The molecule has 1 saturated heterocycles. The van der Waals surface area contributed by atoms with Crippen molar-refractivity contribution in [1.82, 2.24) is 10.2 Å². The van der Waals surface area contributed by atoms with Crippen LogP contribution in [0, 0.1) is 23.7 Å². The number of amides is 2. The summed E-state index contributed by atoms with van der Waals surface area (Å²) in [6.07, 6.45) is -1.68. The summed E-state index contributed by atoms with van der Waals surface area (Å²) in [7, 11) is 0. The third-order valence-corrected chi connectivity index (χ3v) is 7.86. The number of alkyl halides is 4. The van der Waals surface area contributed by atoms with Gasteiger partial charge in [-0.05, 0) is 69.2 Å². The molecular weight excluding hydrogens is 452 g/mol. The number of hydrogen-bond acceptors (Lipinski definition) is 4. The van der Waals surface area contributed by atoms with E-state index in [2.05, 4.69) is 10.6 Å². The van der Waals surface area contributed by atoms with Crippen molar-refractivity contribution in [2.45, 2.75) is 75.8 Å². The Morgan fingerprint density at radius 2 is 1.82 bits per heavy atom. The lowest BCUT2D eigenvalue weighted by Gasteiger charge is -2.53. The van der Waals surface area contributed by atoms with Crippen LogP contribution in [0.2, 0.25) is 0 Å². The molecule has 0 aromatic heterocycles. The molecule has 34 heavy (non-hydrogen) atoms. The molecule has 0 radical (unpaired) electrons. The van der Waals surface area contributed by atoms with Crippen molar-refractivity contribution in [2.75, 3.05) is 18.4 Å². The normalized spacial score (nSPS) is 30.8. The van der Waals surface area contributed by atoms with Crippen LogP contribution in [0.3, 0.4) is 0 Å². The van der Waals surface area contributed by atoms with Crippen LogP contribution in [-0.4, -0.2) is 47.6 Å². The van der Waals surface area contributed by atoms with Crippen LogP contribution in [0.15, 0.2) is 18.2 Å². The molecule has 1 aromatic rings. The Morgan fingerprint density at radius 3 is 2.38 bits per heavy atom. The lowest BCUT2D eigenvalue weighted by atomic mass is 9.57. The molecule has 2 N–H and O–H groups in total. The van der Waals surface area contributed by atoms with Gasteiger partial charge < -0.3 is 15.5 Å². The average molecular weight is 481 g/mol. The maximum absolute atomic E-state index is 13.6. The molecule has 1 heterocycles. The van der Waals surface area contributed by atoms with Gasteiger partial charge in [0.1, 0.15) is 12.2 Å². The van der Waals surface area contributed by atoms with E-state index in [0.717, 1.165) is 12.1 Å². The van der Waals surface area contributed by atoms with Crippen molar-refractivity contribution in [1.29, 1.82) is 5.26 Å². The van der Waals surface area contributed by atoms with Crippen molar-refractivity contribution in [3.8, 4) is 6.07 Å². The van der Waals surface area contributed by atoms with Crippen molar-refractivity contribution in [2.24, 2.45) is 5.41 Å². The molecule has 3 saturated carbocycles. The molecule has 2 atom stereocenters. The number of rotatable bonds is 5. The molecule has 1 aliphatic heterocycles. The molecule has 4 aliphatic rings. The summed E-state index contributed by atoms with van der Waals surface area (Å²) < 4.78 is 52.4. The van der Waals surface area contributed by atoms with Gasteiger partial charge in [-0.25, -0.2) is 4.39 Å². The summed E-state index contributed by atoms with van der Waals surface area (Å²) in [6, 6.07) is 4.55. The highest BCUT2D eigenvalue weighted by molar-refractivity contribution is 5.96. The van der Waals surface area contributed by atoms with Crippen LogP contribution < -0.4 is 10.6 Å². The molecule has 1 aromatic carbocycles. The first-order valence-electron chi connectivity index (χ1n) is 11.5. The SMILES string of the molecule is Cc1cc(C(F)(F)F)ccc1NC(=O)C12CCC(NCC(=O)N3C[C@@H](F)C[C@H]3C#N)(CC1)CC2. The first kappa shape index (κ1) is 24.5. The van der Waals surface area contributed by atoms with Crippen LogP contribution in [0.25, 0.3) is 0 Å². The minimum absolute atomic E-state index is 0.0227. The fourth-order valence-corrected chi connectivity index (χ4v) is 5.57. The monoisotopic (exact) mass is 480 g/mol. The van der Waals surface area contributed by atoms with E-state index in [1.807, 2.05) is 6.07 Å². The van der Waals surface area contributed by atoms with E-state index in [-0.39, 0.29) is 36.9 Å². The Balaban J connectivity index is 1.34. The van der Waals surface area contributed by atoms with Crippen molar-refractivity contribution in [3.05, 3.63) is 29.3 Å². The Kier molecular flexibility index (Phi) is 6.36. The Hall–Kier alpha value is -2.67. The maximum Gasteiger partial charge on any atom is 0.416 e. The largest absolute Gasteiger partial charge is 0.416 e. The third kappa shape index (κ3) is 4.63. The van der Waals surface area contributed by atoms with Gasteiger partial charge in [-0.1, -0.05) is 0 Å². The predicted octanol–water partition coefficient (Wildman–Crippen LogP) is 4.10. The number of hydrogen-bond donors (Lipinski definition) is 2. The lowest BCUT2D eigenvalue weighted by Crippen LogP contribution is -2.59. The number of nitrogens with zero attached hydrogens (tertiary/aromatic N) is 2. The summed E-state index contributed by atoms with van der Waals surface area (Å²) in [6.45, 7) is 1.51. The quantitative estimate of drug-likeness (QED) is 0.622. The van der Waals surface area contributed by atoms with Crippen LogP contribution >= 0.6 is 0 Å². The number of nitriles is 1. The van der Waals surface area contributed by atoms with Gasteiger partial charge in [0, 0.05) is 23.1 Å². The number of benzene rings is 1. The Labute approximate surface area is 195 Å².